The number of hydrogen-bond donors (Lipinski definition) is 2. The van der Waals surface area contributed by atoms with Gasteiger partial charge in [0.05, 0.1) is 11.6 Å². The third kappa shape index (κ3) is 3.62. The molecule has 0 heterocycles. The number of benzene rings is 1. The molecule has 3 N–H and O–H groups in total. The van der Waals surface area contributed by atoms with Crippen LogP contribution in [-0.4, -0.2) is 11.4 Å². The normalized spacial score (nSPS) is 18.2. The largest absolute Gasteiger partial charge is 0.348 e. The minimum Gasteiger partial charge on any atom is -0.348 e. The Kier molecular flexibility index (Phi) is 5.80. The Morgan fingerprint density at radius 3 is 2.60 bits per heavy atom. The van der Waals surface area contributed by atoms with Crippen LogP contribution in [0.25, 0.3) is 0 Å². The third-order valence-electron chi connectivity index (χ3n) is 3.72. The maximum atomic E-state index is 13.0. The molecule has 1 saturated carbocycles. The highest BCUT2D eigenvalue weighted by Crippen LogP contribution is 2.29. The molecule has 0 aromatic heterocycles. The molecule has 0 spiro atoms. The first-order chi connectivity index (χ1) is 8.92. The molecule has 1 aliphatic carbocycles. The molecule has 0 saturated heterocycles. The van der Waals surface area contributed by atoms with Gasteiger partial charge in [0.25, 0.3) is 0 Å². The smallest absolute Gasteiger partial charge is 0.240 e. The number of nitrogens with one attached hydrogen (secondary N) is 1. The van der Waals surface area contributed by atoms with Crippen LogP contribution in [0.5, 0.6) is 0 Å². The Labute approximate surface area is 129 Å². The summed E-state index contributed by atoms with van der Waals surface area (Å²) in [6.45, 7) is 1.81. The van der Waals surface area contributed by atoms with Gasteiger partial charge in [-0.1, -0.05) is 30.5 Å². The molecule has 0 aliphatic heterocycles. The van der Waals surface area contributed by atoms with E-state index in [1.54, 1.807) is 6.07 Å². The van der Waals surface area contributed by atoms with Gasteiger partial charge in [0.2, 0.25) is 5.91 Å². The lowest BCUT2D eigenvalue weighted by molar-refractivity contribution is -0.126. The van der Waals surface area contributed by atoms with Crippen molar-refractivity contribution in [3.05, 3.63) is 34.6 Å². The van der Waals surface area contributed by atoms with Gasteiger partial charge in [-0.05, 0) is 37.5 Å². The van der Waals surface area contributed by atoms with Crippen molar-refractivity contribution in [2.24, 2.45) is 5.73 Å². The summed E-state index contributed by atoms with van der Waals surface area (Å²) in [7, 11) is 0. The average Bonchev–Trinajstić information content (AvgIpc) is 2.77. The van der Waals surface area contributed by atoms with Gasteiger partial charge >= 0.3 is 0 Å². The third-order valence-corrected chi connectivity index (χ3v) is 4.05. The number of halogens is 3. The first kappa shape index (κ1) is 17.2. The Hall–Kier alpha value is -0.840. The van der Waals surface area contributed by atoms with E-state index >= 15 is 0 Å². The molecule has 112 valence electrons. The Morgan fingerprint density at radius 1 is 1.45 bits per heavy atom. The molecule has 2 rings (SSSR count). The fourth-order valence-electron chi connectivity index (χ4n) is 2.50. The highest BCUT2D eigenvalue weighted by atomic mass is 35.5. The molecular weight excluding hydrogens is 302 g/mol. The van der Waals surface area contributed by atoms with E-state index in [4.69, 9.17) is 17.3 Å². The first-order valence-electron chi connectivity index (χ1n) is 6.47. The monoisotopic (exact) mass is 320 g/mol. The fraction of sp³-hybridized carbons (Fsp3) is 0.500. The minimum absolute atomic E-state index is 0. The Balaban J connectivity index is 0.00000200. The van der Waals surface area contributed by atoms with Crippen LogP contribution in [0.15, 0.2) is 18.2 Å². The highest BCUT2D eigenvalue weighted by molar-refractivity contribution is 6.31. The number of nitrogens with two attached hydrogens (primary N) is 1. The second kappa shape index (κ2) is 6.74. The summed E-state index contributed by atoms with van der Waals surface area (Å²) in [6.07, 6.45) is 3.39. The molecule has 0 radical (unpaired) electrons. The quantitative estimate of drug-likeness (QED) is 0.897. The van der Waals surface area contributed by atoms with E-state index in [1.807, 2.05) is 6.92 Å². The zero-order valence-electron chi connectivity index (χ0n) is 11.3. The van der Waals surface area contributed by atoms with Crippen molar-refractivity contribution in [3.63, 3.8) is 0 Å². The summed E-state index contributed by atoms with van der Waals surface area (Å²) >= 11 is 5.98. The number of amides is 1. The second-order valence-electron chi connectivity index (χ2n) is 5.22. The van der Waals surface area contributed by atoms with Gasteiger partial charge in [0.15, 0.2) is 0 Å². The van der Waals surface area contributed by atoms with Crippen LogP contribution in [-0.2, 0) is 4.79 Å². The van der Waals surface area contributed by atoms with Crippen LogP contribution in [0.4, 0.5) is 4.39 Å². The van der Waals surface area contributed by atoms with Crippen molar-refractivity contribution >= 4 is 29.9 Å². The molecule has 1 amide bonds. The van der Waals surface area contributed by atoms with Crippen molar-refractivity contribution in [1.29, 1.82) is 0 Å². The molecule has 0 bridgehead atoms. The zero-order chi connectivity index (χ0) is 14.0. The van der Waals surface area contributed by atoms with Crippen LogP contribution in [0, 0.1) is 5.82 Å². The predicted octanol–water partition coefficient (Wildman–Crippen LogP) is 3.35. The highest BCUT2D eigenvalue weighted by Gasteiger charge is 2.37. The summed E-state index contributed by atoms with van der Waals surface area (Å²) in [5.74, 6) is -0.545. The van der Waals surface area contributed by atoms with Crippen LogP contribution >= 0.6 is 24.0 Å². The van der Waals surface area contributed by atoms with Gasteiger partial charge in [0.1, 0.15) is 5.82 Å². The summed E-state index contributed by atoms with van der Waals surface area (Å²) in [4.78, 5) is 12.2. The number of hydrogen-bond acceptors (Lipinski definition) is 2. The van der Waals surface area contributed by atoms with Crippen LogP contribution in [0.3, 0.4) is 0 Å². The van der Waals surface area contributed by atoms with Gasteiger partial charge in [-0.25, -0.2) is 4.39 Å². The van der Waals surface area contributed by atoms with Crippen LogP contribution in [0.1, 0.15) is 44.2 Å². The maximum absolute atomic E-state index is 13.0. The summed E-state index contributed by atoms with van der Waals surface area (Å²) < 4.78 is 13.0. The van der Waals surface area contributed by atoms with Gasteiger partial charge in [-0.3, -0.25) is 4.79 Å². The molecule has 1 fully saturated rings. The van der Waals surface area contributed by atoms with Crippen molar-refractivity contribution in [1.82, 2.24) is 5.32 Å². The Bertz CT molecular complexity index is 490. The molecule has 1 atom stereocenters. The Morgan fingerprint density at radius 2 is 2.05 bits per heavy atom. The molecule has 20 heavy (non-hydrogen) atoms. The van der Waals surface area contributed by atoms with E-state index < -0.39 is 11.4 Å². The van der Waals surface area contributed by atoms with Crippen molar-refractivity contribution in [3.8, 4) is 0 Å². The minimum atomic E-state index is -0.763. The van der Waals surface area contributed by atoms with Crippen LogP contribution < -0.4 is 11.1 Å². The second-order valence-corrected chi connectivity index (χ2v) is 5.63. The lowest BCUT2D eigenvalue weighted by atomic mass is 9.97. The van der Waals surface area contributed by atoms with E-state index in [1.165, 1.54) is 12.1 Å². The van der Waals surface area contributed by atoms with Crippen molar-refractivity contribution in [2.45, 2.75) is 44.2 Å². The molecular formula is C14H19Cl2FN2O. The molecule has 1 aromatic rings. The van der Waals surface area contributed by atoms with Crippen LogP contribution in [0.2, 0.25) is 5.02 Å². The van der Waals surface area contributed by atoms with E-state index in [-0.39, 0.29) is 24.4 Å². The van der Waals surface area contributed by atoms with Crippen molar-refractivity contribution in [2.75, 3.05) is 0 Å². The van der Waals surface area contributed by atoms with E-state index in [2.05, 4.69) is 5.32 Å². The van der Waals surface area contributed by atoms with Crippen molar-refractivity contribution < 1.29 is 9.18 Å². The zero-order valence-corrected chi connectivity index (χ0v) is 12.9. The van der Waals surface area contributed by atoms with E-state index in [9.17, 15) is 9.18 Å². The predicted molar refractivity (Wildman–Crippen MR) is 80.6 cm³/mol. The molecule has 1 aromatic carbocycles. The molecule has 3 nitrogen and oxygen atoms in total. The van der Waals surface area contributed by atoms with Gasteiger partial charge in [-0.2, -0.15) is 0 Å². The number of carbonyl (C=O) groups excluding carboxylic acids is 1. The van der Waals surface area contributed by atoms with E-state index in [0.717, 1.165) is 12.8 Å². The van der Waals surface area contributed by atoms with Gasteiger partial charge in [0, 0.05) is 5.02 Å². The molecule has 1 aliphatic rings. The van der Waals surface area contributed by atoms with E-state index in [0.29, 0.717) is 23.4 Å². The lowest BCUT2D eigenvalue weighted by Gasteiger charge is -2.25. The van der Waals surface area contributed by atoms with Gasteiger partial charge in [-0.15, -0.1) is 12.4 Å². The average molecular weight is 321 g/mol. The summed E-state index contributed by atoms with van der Waals surface area (Å²) in [6, 6.07) is 3.87. The van der Waals surface area contributed by atoms with Gasteiger partial charge < -0.3 is 11.1 Å². The number of carbonyl (C=O) groups is 1. The summed E-state index contributed by atoms with van der Waals surface area (Å²) in [5, 5.41) is 3.18. The molecule has 1 unspecified atom stereocenters. The SMILES string of the molecule is CC(NC(=O)C1(N)CCCC1)c1ccc(F)cc1Cl.Cl. The standard InChI is InChI=1S/C14H18ClFN2O.ClH/c1-9(11-5-4-10(16)8-12(11)15)18-13(19)14(17)6-2-3-7-14;/h4-5,8-9H,2-3,6-7,17H2,1H3,(H,18,19);1H. The number of rotatable bonds is 3. The fourth-order valence-corrected chi connectivity index (χ4v) is 2.83. The first-order valence-corrected chi connectivity index (χ1v) is 6.85. The summed E-state index contributed by atoms with van der Waals surface area (Å²) in [5.41, 5.74) is 6.02. The topological polar surface area (TPSA) is 55.1 Å². The lowest BCUT2D eigenvalue weighted by Crippen LogP contribution is -2.52. The maximum Gasteiger partial charge on any atom is 0.240 e. The molecule has 6 heteroatoms.